The molecule has 170 valence electrons. The Balaban J connectivity index is 1.71. The number of pyridine rings is 1. The maximum atomic E-state index is 15.0. The highest BCUT2D eigenvalue weighted by atomic mass is 32.1. The number of methoxy groups -OCH3 is 1. The molecule has 4 aromatic rings. The number of rotatable bonds is 5. The third kappa shape index (κ3) is 3.72. The van der Waals surface area contributed by atoms with Crippen molar-refractivity contribution >= 4 is 29.0 Å². The van der Waals surface area contributed by atoms with Crippen molar-refractivity contribution in [1.82, 2.24) is 14.9 Å². The monoisotopic (exact) mass is 472 g/mol. The Labute approximate surface area is 201 Å². The van der Waals surface area contributed by atoms with Crippen molar-refractivity contribution in [2.75, 3.05) is 12.0 Å². The number of carbonyl (C=O) groups is 1. The second-order valence-corrected chi connectivity index (χ2v) is 8.15. The number of benzene rings is 2. The zero-order chi connectivity index (χ0) is 23.7. The molecule has 0 bridgehead atoms. The molecule has 1 aliphatic rings. The first kappa shape index (κ1) is 21.8. The fraction of sp³-hybridized carbons (Fsp3) is 0.115. The summed E-state index contributed by atoms with van der Waals surface area (Å²) in [7, 11) is 1.35. The average molecular weight is 473 g/mol. The Morgan fingerprint density at radius 1 is 1.00 bits per heavy atom. The lowest BCUT2D eigenvalue weighted by atomic mass is 10.0. The number of hydrogen-bond donors (Lipinski definition) is 1. The number of nitrogens with one attached hydrogen (secondary N) is 1. The molecule has 1 saturated heterocycles. The second kappa shape index (κ2) is 9.07. The Morgan fingerprint density at radius 3 is 2.47 bits per heavy atom. The van der Waals surface area contributed by atoms with E-state index in [0.29, 0.717) is 22.1 Å². The molecule has 8 heteroatoms. The zero-order valence-electron chi connectivity index (χ0n) is 18.3. The summed E-state index contributed by atoms with van der Waals surface area (Å²) in [6, 6.07) is 22.4. The molecule has 34 heavy (non-hydrogen) atoms. The van der Waals surface area contributed by atoms with Gasteiger partial charge in [0.05, 0.1) is 35.8 Å². The molecule has 0 spiro atoms. The molecular weight excluding hydrogens is 451 g/mol. The van der Waals surface area contributed by atoms with Crippen LogP contribution in [0, 0.1) is 5.82 Å². The van der Waals surface area contributed by atoms with E-state index in [-0.39, 0.29) is 11.9 Å². The van der Waals surface area contributed by atoms with E-state index in [9.17, 15) is 9.18 Å². The first-order chi connectivity index (χ1) is 16.6. The number of halogens is 1. The number of aromatic nitrogens is 2. The maximum Gasteiger partial charge on any atom is 0.339 e. The molecule has 1 aliphatic heterocycles. The van der Waals surface area contributed by atoms with Crippen molar-refractivity contribution in [2.45, 2.75) is 12.1 Å². The topological polar surface area (TPSA) is 59.4 Å². The quantitative estimate of drug-likeness (QED) is 0.327. The van der Waals surface area contributed by atoms with Crippen LogP contribution in [0.15, 0.2) is 91.3 Å². The van der Waals surface area contributed by atoms with Gasteiger partial charge in [-0.2, -0.15) is 0 Å². The van der Waals surface area contributed by atoms with Crippen LogP contribution in [0.1, 0.15) is 33.8 Å². The average Bonchev–Trinajstić information content (AvgIpc) is 3.48. The minimum Gasteiger partial charge on any atom is -0.465 e. The Bertz CT molecular complexity index is 1360. The molecule has 1 N–H and O–H groups in total. The Morgan fingerprint density at radius 2 is 1.74 bits per heavy atom. The predicted molar refractivity (Wildman–Crippen MR) is 131 cm³/mol. The van der Waals surface area contributed by atoms with E-state index < -0.39 is 12.0 Å². The molecule has 5 rings (SSSR count). The van der Waals surface area contributed by atoms with Crippen LogP contribution in [0.5, 0.6) is 0 Å². The highest BCUT2D eigenvalue weighted by Crippen LogP contribution is 2.43. The van der Waals surface area contributed by atoms with Gasteiger partial charge in [-0.3, -0.25) is 4.98 Å². The molecule has 2 atom stereocenters. The normalized spacial score (nSPS) is 17.5. The molecule has 1 fully saturated rings. The molecular formula is C26H21FN4O2S. The van der Waals surface area contributed by atoms with Crippen molar-refractivity contribution in [1.29, 1.82) is 0 Å². The van der Waals surface area contributed by atoms with Gasteiger partial charge in [-0.25, -0.2) is 9.18 Å². The van der Waals surface area contributed by atoms with E-state index in [0.717, 1.165) is 11.4 Å². The lowest BCUT2D eigenvalue weighted by molar-refractivity contribution is 0.0600. The van der Waals surface area contributed by atoms with Crippen molar-refractivity contribution in [3.63, 3.8) is 0 Å². The molecule has 0 aliphatic carbocycles. The van der Waals surface area contributed by atoms with Crippen molar-refractivity contribution in [2.24, 2.45) is 0 Å². The van der Waals surface area contributed by atoms with Gasteiger partial charge < -0.3 is 19.5 Å². The standard InChI is InChI=1S/C26H21FN4O2S/c1-33-25(32)17-9-2-4-12-20(17)30-16-8-14-22(30)24-23(19-11-6-7-15-28-19)29-26(34)31(24)21-13-5-3-10-18(21)27/h2-16,23-24H,1H3,(H,29,34)/t23-,24+/m0/s1. The lowest BCUT2D eigenvalue weighted by Gasteiger charge is -2.29. The Hall–Kier alpha value is -4.04. The van der Waals surface area contributed by atoms with Crippen LogP contribution in [0.25, 0.3) is 5.69 Å². The lowest BCUT2D eigenvalue weighted by Crippen LogP contribution is -2.31. The van der Waals surface area contributed by atoms with Gasteiger partial charge in [0.15, 0.2) is 5.11 Å². The van der Waals surface area contributed by atoms with E-state index in [2.05, 4.69) is 10.3 Å². The summed E-state index contributed by atoms with van der Waals surface area (Å²) < 4.78 is 21.9. The summed E-state index contributed by atoms with van der Waals surface area (Å²) in [5, 5.41) is 3.72. The molecule has 0 radical (unpaired) electrons. The summed E-state index contributed by atoms with van der Waals surface area (Å²) in [5.74, 6) is -0.825. The predicted octanol–water partition coefficient (Wildman–Crippen LogP) is 4.98. The van der Waals surface area contributed by atoms with E-state index in [1.54, 1.807) is 41.4 Å². The summed E-state index contributed by atoms with van der Waals surface area (Å²) in [4.78, 5) is 18.8. The van der Waals surface area contributed by atoms with Crippen LogP contribution in [0.4, 0.5) is 10.1 Å². The van der Waals surface area contributed by atoms with Crippen LogP contribution < -0.4 is 10.2 Å². The fourth-order valence-electron chi connectivity index (χ4n) is 4.38. The fourth-order valence-corrected chi connectivity index (χ4v) is 4.72. The molecule has 2 aromatic heterocycles. The molecule has 3 heterocycles. The smallest absolute Gasteiger partial charge is 0.339 e. The number of carbonyl (C=O) groups excluding carboxylic acids is 1. The number of ether oxygens (including phenoxy) is 1. The van der Waals surface area contributed by atoms with Crippen LogP contribution in [-0.4, -0.2) is 27.7 Å². The van der Waals surface area contributed by atoms with Gasteiger partial charge in [0.2, 0.25) is 0 Å². The number of para-hydroxylation sites is 2. The van der Waals surface area contributed by atoms with Crippen LogP contribution >= 0.6 is 12.2 Å². The number of hydrogen-bond acceptors (Lipinski definition) is 4. The summed E-state index contributed by atoms with van der Waals surface area (Å²) in [5.41, 5.74) is 3.01. The van der Waals surface area contributed by atoms with Gasteiger partial charge in [-0.15, -0.1) is 0 Å². The zero-order valence-corrected chi connectivity index (χ0v) is 19.1. The number of thiocarbonyl (C=S) groups is 1. The number of esters is 1. The van der Waals surface area contributed by atoms with E-state index in [1.807, 2.05) is 53.2 Å². The first-order valence-electron chi connectivity index (χ1n) is 10.7. The number of nitrogens with zero attached hydrogens (tertiary/aromatic N) is 3. The molecule has 2 aromatic carbocycles. The Kier molecular flexibility index (Phi) is 5.81. The highest BCUT2D eigenvalue weighted by molar-refractivity contribution is 7.80. The largest absolute Gasteiger partial charge is 0.465 e. The van der Waals surface area contributed by atoms with E-state index in [1.165, 1.54) is 13.2 Å². The minimum absolute atomic E-state index is 0.354. The molecule has 0 saturated carbocycles. The number of anilines is 1. The molecule has 0 amide bonds. The van der Waals surface area contributed by atoms with E-state index >= 15 is 0 Å². The van der Waals surface area contributed by atoms with Crippen molar-refractivity contribution < 1.29 is 13.9 Å². The second-order valence-electron chi connectivity index (χ2n) is 7.76. The minimum atomic E-state index is -0.444. The summed E-state index contributed by atoms with van der Waals surface area (Å²) >= 11 is 5.69. The SMILES string of the molecule is COC(=O)c1ccccc1-n1cccc1[C@@H]1[C@H](c2ccccn2)NC(=S)N1c1ccccc1F. The van der Waals surface area contributed by atoms with Gasteiger partial charge >= 0.3 is 5.97 Å². The summed E-state index contributed by atoms with van der Waals surface area (Å²) in [6.07, 6.45) is 3.59. The summed E-state index contributed by atoms with van der Waals surface area (Å²) in [6.45, 7) is 0. The van der Waals surface area contributed by atoms with Gasteiger partial charge in [-0.05, 0) is 60.7 Å². The first-order valence-corrected chi connectivity index (χ1v) is 11.1. The van der Waals surface area contributed by atoms with Gasteiger partial charge in [-0.1, -0.05) is 30.3 Å². The third-order valence-corrected chi connectivity index (χ3v) is 6.18. The molecule has 0 unspecified atom stereocenters. The third-order valence-electron chi connectivity index (χ3n) is 5.86. The van der Waals surface area contributed by atoms with Crippen molar-refractivity contribution in [3.05, 3.63) is 114 Å². The van der Waals surface area contributed by atoms with Gasteiger partial charge in [0.25, 0.3) is 0 Å². The van der Waals surface area contributed by atoms with Crippen LogP contribution in [-0.2, 0) is 4.74 Å². The van der Waals surface area contributed by atoms with Gasteiger partial charge in [0.1, 0.15) is 11.9 Å². The maximum absolute atomic E-state index is 15.0. The van der Waals surface area contributed by atoms with Gasteiger partial charge in [0, 0.05) is 18.1 Å². The molecule has 6 nitrogen and oxygen atoms in total. The van der Waals surface area contributed by atoms with Crippen LogP contribution in [0.2, 0.25) is 0 Å². The van der Waals surface area contributed by atoms with Crippen molar-refractivity contribution in [3.8, 4) is 5.69 Å². The van der Waals surface area contributed by atoms with E-state index in [4.69, 9.17) is 17.0 Å². The van der Waals surface area contributed by atoms with Crippen LogP contribution in [0.3, 0.4) is 0 Å². The highest BCUT2D eigenvalue weighted by Gasteiger charge is 2.43.